The summed E-state index contributed by atoms with van der Waals surface area (Å²) in [5.41, 5.74) is 3.76. The van der Waals surface area contributed by atoms with E-state index < -0.39 is 0 Å². The van der Waals surface area contributed by atoms with Crippen LogP contribution in [0.25, 0.3) is 0 Å². The molecule has 0 saturated heterocycles. The van der Waals surface area contributed by atoms with E-state index in [4.69, 9.17) is 0 Å². The highest BCUT2D eigenvalue weighted by atomic mass is 16.2. The van der Waals surface area contributed by atoms with Crippen molar-refractivity contribution < 1.29 is 4.79 Å². The maximum atomic E-state index is 12.2. The minimum atomic E-state index is -0.234. The highest BCUT2D eigenvalue weighted by Crippen LogP contribution is 2.17. The summed E-state index contributed by atoms with van der Waals surface area (Å²) in [6.45, 7) is 2.03. The Bertz CT molecular complexity index is 778. The fraction of sp³-hybridized carbons (Fsp3) is 0.421. The van der Waals surface area contributed by atoms with E-state index >= 15 is 0 Å². The highest BCUT2D eigenvalue weighted by Gasteiger charge is 2.14. The topological polar surface area (TPSA) is 64.0 Å². The number of fused-ring (bicyclic) bond motifs is 1. The van der Waals surface area contributed by atoms with Gasteiger partial charge in [0.1, 0.15) is 6.54 Å². The lowest BCUT2D eigenvalue weighted by Crippen LogP contribution is -2.30. The molecule has 0 fully saturated rings. The quantitative estimate of drug-likeness (QED) is 0.879. The molecule has 1 N–H and O–H groups in total. The van der Waals surface area contributed by atoms with Crippen molar-refractivity contribution >= 4 is 11.6 Å². The van der Waals surface area contributed by atoms with Gasteiger partial charge in [-0.3, -0.25) is 9.59 Å². The standard InChI is InChI=1S/C19H23N3O2/c1-2-14-8-10-16(11-9-14)20-18(23)13-22-19(24)12-15-6-4-3-5-7-17(15)21-22/h8-12H,2-7,13H2,1H3,(H,20,23). The Hall–Kier alpha value is -2.43. The van der Waals surface area contributed by atoms with E-state index in [1.807, 2.05) is 24.3 Å². The number of rotatable bonds is 4. The van der Waals surface area contributed by atoms with Crippen LogP contribution in [0.1, 0.15) is 43.0 Å². The van der Waals surface area contributed by atoms with Gasteiger partial charge in [0.05, 0.1) is 5.69 Å². The molecule has 0 spiro atoms. The number of hydrogen-bond donors (Lipinski definition) is 1. The summed E-state index contributed by atoms with van der Waals surface area (Å²) in [7, 11) is 0. The molecule has 24 heavy (non-hydrogen) atoms. The molecule has 0 radical (unpaired) electrons. The number of carbonyl (C=O) groups is 1. The van der Waals surface area contributed by atoms with Crippen molar-refractivity contribution in [2.45, 2.75) is 52.0 Å². The van der Waals surface area contributed by atoms with Crippen LogP contribution in [-0.4, -0.2) is 15.7 Å². The van der Waals surface area contributed by atoms with Gasteiger partial charge >= 0.3 is 0 Å². The van der Waals surface area contributed by atoms with Crippen molar-refractivity contribution in [2.24, 2.45) is 0 Å². The first-order valence-electron chi connectivity index (χ1n) is 8.64. The Labute approximate surface area is 141 Å². The second-order valence-corrected chi connectivity index (χ2v) is 6.27. The highest BCUT2D eigenvalue weighted by molar-refractivity contribution is 5.90. The van der Waals surface area contributed by atoms with Gasteiger partial charge in [-0.15, -0.1) is 0 Å². The molecule has 0 saturated carbocycles. The maximum Gasteiger partial charge on any atom is 0.267 e. The molecule has 2 aromatic rings. The summed E-state index contributed by atoms with van der Waals surface area (Å²) in [5, 5.41) is 7.25. The number of carbonyl (C=O) groups excluding carboxylic acids is 1. The van der Waals surface area contributed by atoms with Crippen molar-refractivity contribution in [3.8, 4) is 0 Å². The van der Waals surface area contributed by atoms with Crippen LogP contribution in [0.15, 0.2) is 35.1 Å². The number of hydrogen-bond acceptors (Lipinski definition) is 3. The molecule has 3 rings (SSSR count). The molecule has 0 unspecified atom stereocenters. The summed E-state index contributed by atoms with van der Waals surface area (Å²) in [6.07, 6.45) is 6.12. The predicted molar refractivity (Wildman–Crippen MR) is 94.2 cm³/mol. The normalized spacial score (nSPS) is 13.9. The largest absolute Gasteiger partial charge is 0.324 e. The Kier molecular flexibility index (Phi) is 5.08. The SMILES string of the molecule is CCc1ccc(NC(=O)Cn2nc3c(cc2=O)CCCCC3)cc1. The molecule has 1 aliphatic rings. The van der Waals surface area contributed by atoms with Gasteiger partial charge in [0, 0.05) is 11.8 Å². The van der Waals surface area contributed by atoms with Gasteiger partial charge in [-0.2, -0.15) is 5.10 Å². The number of benzene rings is 1. The lowest BCUT2D eigenvalue weighted by Gasteiger charge is -2.10. The first-order chi connectivity index (χ1) is 11.7. The average Bonchev–Trinajstić information content (AvgIpc) is 2.81. The lowest BCUT2D eigenvalue weighted by atomic mass is 10.1. The summed E-state index contributed by atoms with van der Waals surface area (Å²) < 4.78 is 1.28. The van der Waals surface area contributed by atoms with Crippen LogP contribution in [0.4, 0.5) is 5.69 Å². The van der Waals surface area contributed by atoms with E-state index in [1.54, 1.807) is 6.07 Å². The summed E-state index contributed by atoms with van der Waals surface area (Å²) in [4.78, 5) is 24.4. The number of anilines is 1. The Morgan fingerprint density at radius 3 is 2.67 bits per heavy atom. The number of amides is 1. The van der Waals surface area contributed by atoms with Gasteiger partial charge in [-0.1, -0.05) is 25.5 Å². The van der Waals surface area contributed by atoms with Crippen LogP contribution < -0.4 is 10.9 Å². The molecule has 1 heterocycles. The van der Waals surface area contributed by atoms with Crippen molar-refractivity contribution in [1.82, 2.24) is 9.78 Å². The van der Waals surface area contributed by atoms with Gasteiger partial charge in [0.15, 0.2) is 0 Å². The fourth-order valence-corrected chi connectivity index (χ4v) is 3.05. The smallest absolute Gasteiger partial charge is 0.267 e. The molecular weight excluding hydrogens is 302 g/mol. The first kappa shape index (κ1) is 16.4. The zero-order chi connectivity index (χ0) is 16.9. The Balaban J connectivity index is 1.71. The Morgan fingerprint density at radius 2 is 1.92 bits per heavy atom. The van der Waals surface area contributed by atoms with Gasteiger partial charge < -0.3 is 5.32 Å². The number of aromatic nitrogens is 2. The van der Waals surface area contributed by atoms with Gasteiger partial charge in [0.25, 0.3) is 5.56 Å². The molecule has 5 nitrogen and oxygen atoms in total. The average molecular weight is 325 g/mol. The summed E-state index contributed by atoms with van der Waals surface area (Å²) in [5.74, 6) is -0.234. The summed E-state index contributed by atoms with van der Waals surface area (Å²) >= 11 is 0. The lowest BCUT2D eigenvalue weighted by molar-refractivity contribution is -0.117. The third-order valence-corrected chi connectivity index (χ3v) is 4.46. The molecule has 1 aliphatic carbocycles. The van der Waals surface area contributed by atoms with E-state index in [0.717, 1.165) is 49.0 Å². The third kappa shape index (κ3) is 3.91. The van der Waals surface area contributed by atoms with E-state index in [2.05, 4.69) is 17.3 Å². The van der Waals surface area contributed by atoms with E-state index in [-0.39, 0.29) is 18.0 Å². The third-order valence-electron chi connectivity index (χ3n) is 4.46. The second kappa shape index (κ2) is 7.43. The molecular formula is C19H23N3O2. The molecule has 1 aromatic heterocycles. The number of nitrogens with one attached hydrogen (secondary N) is 1. The number of nitrogens with zero attached hydrogens (tertiary/aromatic N) is 2. The van der Waals surface area contributed by atoms with Gasteiger partial charge in [-0.05, 0) is 55.4 Å². The predicted octanol–water partition coefficient (Wildman–Crippen LogP) is 2.71. The molecule has 5 heteroatoms. The minimum absolute atomic E-state index is 0.0539. The van der Waals surface area contributed by atoms with E-state index in [1.165, 1.54) is 16.7 Å². The number of aryl methyl sites for hydroxylation is 3. The maximum absolute atomic E-state index is 12.2. The fourth-order valence-electron chi connectivity index (χ4n) is 3.05. The van der Waals surface area contributed by atoms with E-state index in [9.17, 15) is 9.59 Å². The molecule has 1 aromatic carbocycles. The van der Waals surface area contributed by atoms with Gasteiger partial charge in [-0.25, -0.2) is 4.68 Å². The van der Waals surface area contributed by atoms with Crippen molar-refractivity contribution in [2.75, 3.05) is 5.32 Å². The first-order valence-corrected chi connectivity index (χ1v) is 8.64. The zero-order valence-electron chi connectivity index (χ0n) is 14.0. The molecule has 0 aliphatic heterocycles. The molecule has 0 bridgehead atoms. The van der Waals surface area contributed by atoms with Crippen molar-refractivity contribution in [3.63, 3.8) is 0 Å². The molecule has 1 amide bonds. The Morgan fingerprint density at radius 1 is 1.17 bits per heavy atom. The van der Waals surface area contributed by atoms with Crippen LogP contribution in [0.2, 0.25) is 0 Å². The van der Waals surface area contributed by atoms with Crippen LogP contribution in [0, 0.1) is 0 Å². The second-order valence-electron chi connectivity index (χ2n) is 6.27. The molecule has 0 atom stereocenters. The zero-order valence-corrected chi connectivity index (χ0v) is 14.0. The van der Waals surface area contributed by atoms with E-state index in [0.29, 0.717) is 0 Å². The van der Waals surface area contributed by atoms with Gasteiger partial charge in [0.2, 0.25) is 5.91 Å². The van der Waals surface area contributed by atoms with Crippen LogP contribution in [0.5, 0.6) is 0 Å². The van der Waals surface area contributed by atoms with Crippen molar-refractivity contribution in [1.29, 1.82) is 0 Å². The molecule has 126 valence electrons. The van der Waals surface area contributed by atoms with Crippen LogP contribution in [0.3, 0.4) is 0 Å². The minimum Gasteiger partial charge on any atom is -0.324 e. The van der Waals surface area contributed by atoms with Crippen LogP contribution in [-0.2, 0) is 30.6 Å². The summed E-state index contributed by atoms with van der Waals surface area (Å²) in [6, 6.07) is 9.38. The monoisotopic (exact) mass is 325 g/mol. The van der Waals surface area contributed by atoms with Crippen LogP contribution >= 0.6 is 0 Å². The van der Waals surface area contributed by atoms with Crippen molar-refractivity contribution in [3.05, 3.63) is 57.5 Å².